The number of alkyl halides is 4. The van der Waals surface area contributed by atoms with Gasteiger partial charge in [-0.05, 0) is 18.2 Å². The molecule has 0 N–H and O–H groups in total. The van der Waals surface area contributed by atoms with Crippen molar-refractivity contribution >= 4 is 23.2 Å². The van der Waals surface area contributed by atoms with Crippen molar-refractivity contribution in [2.45, 2.75) is 12.1 Å². The van der Waals surface area contributed by atoms with Crippen molar-refractivity contribution in [3.05, 3.63) is 40.9 Å². The van der Waals surface area contributed by atoms with Gasteiger partial charge in [0.15, 0.2) is 5.82 Å². The molecule has 1 aromatic heterocycles. The maximum absolute atomic E-state index is 12.6. The number of hydrogen-bond donors (Lipinski definition) is 0. The second-order valence-corrected chi connectivity index (χ2v) is 4.09. The Hall–Kier alpha value is -1.27. The van der Waals surface area contributed by atoms with Crippen molar-refractivity contribution in [1.82, 2.24) is 14.8 Å². The largest absolute Gasteiger partial charge is 0.416 e. The van der Waals surface area contributed by atoms with Crippen LogP contribution in [0.4, 0.5) is 13.2 Å². The Morgan fingerprint density at radius 1 is 1.28 bits per heavy atom. The highest BCUT2D eigenvalue weighted by Gasteiger charge is 2.31. The molecule has 96 valence electrons. The maximum Gasteiger partial charge on any atom is 0.416 e. The first kappa shape index (κ1) is 13.2. The minimum atomic E-state index is -4.44. The second-order valence-electron chi connectivity index (χ2n) is 3.41. The van der Waals surface area contributed by atoms with E-state index in [4.69, 9.17) is 23.2 Å². The van der Waals surface area contributed by atoms with Crippen LogP contribution < -0.4 is 0 Å². The minimum absolute atomic E-state index is 0.0204. The van der Waals surface area contributed by atoms with Crippen molar-refractivity contribution < 1.29 is 13.2 Å². The van der Waals surface area contributed by atoms with Crippen LogP contribution in [0.1, 0.15) is 11.4 Å². The summed E-state index contributed by atoms with van der Waals surface area (Å²) in [7, 11) is 0. The first-order chi connectivity index (χ1) is 8.43. The highest BCUT2D eigenvalue weighted by atomic mass is 35.5. The van der Waals surface area contributed by atoms with Gasteiger partial charge in [-0.2, -0.15) is 13.2 Å². The van der Waals surface area contributed by atoms with Crippen LogP contribution in [0.15, 0.2) is 24.5 Å². The number of benzene rings is 1. The molecule has 2 aromatic rings. The number of rotatable bonds is 2. The average molecular weight is 296 g/mol. The second kappa shape index (κ2) is 4.78. The standard InChI is InChI=1S/C10H6Cl2F3N3/c11-4-9-17-16-5-18(9)8-3-6(10(13,14)15)1-2-7(8)12/h1-3,5H,4H2. The van der Waals surface area contributed by atoms with Crippen molar-refractivity contribution in [3.8, 4) is 5.69 Å². The number of halogens is 5. The van der Waals surface area contributed by atoms with E-state index in [9.17, 15) is 13.2 Å². The van der Waals surface area contributed by atoms with Crippen molar-refractivity contribution in [1.29, 1.82) is 0 Å². The lowest BCUT2D eigenvalue weighted by Crippen LogP contribution is -2.07. The van der Waals surface area contributed by atoms with Crippen LogP contribution in [0.3, 0.4) is 0 Å². The van der Waals surface area contributed by atoms with E-state index in [-0.39, 0.29) is 16.6 Å². The van der Waals surface area contributed by atoms with E-state index in [0.29, 0.717) is 5.82 Å². The Morgan fingerprint density at radius 2 is 2.00 bits per heavy atom. The Kier molecular flexibility index (Phi) is 3.49. The SMILES string of the molecule is FC(F)(F)c1ccc(Cl)c(-n2cnnc2CCl)c1. The van der Waals surface area contributed by atoms with E-state index < -0.39 is 11.7 Å². The Labute approximate surface area is 110 Å². The molecule has 8 heteroatoms. The molecule has 0 amide bonds. The van der Waals surface area contributed by atoms with E-state index in [2.05, 4.69) is 10.2 Å². The molecule has 0 aliphatic carbocycles. The topological polar surface area (TPSA) is 30.7 Å². The lowest BCUT2D eigenvalue weighted by molar-refractivity contribution is -0.137. The molecule has 0 atom stereocenters. The van der Waals surface area contributed by atoms with Gasteiger partial charge < -0.3 is 0 Å². The fourth-order valence-corrected chi connectivity index (χ4v) is 1.82. The van der Waals surface area contributed by atoms with Gasteiger partial charge >= 0.3 is 6.18 Å². The van der Waals surface area contributed by atoms with E-state index >= 15 is 0 Å². The van der Waals surface area contributed by atoms with Crippen LogP contribution in [-0.2, 0) is 12.1 Å². The molecule has 0 saturated carbocycles. The Bertz CT molecular complexity index is 566. The van der Waals surface area contributed by atoms with E-state index in [1.165, 1.54) is 17.0 Å². The quantitative estimate of drug-likeness (QED) is 0.791. The van der Waals surface area contributed by atoms with Gasteiger partial charge in [0, 0.05) is 0 Å². The number of hydrogen-bond acceptors (Lipinski definition) is 2. The van der Waals surface area contributed by atoms with Gasteiger partial charge in [-0.15, -0.1) is 21.8 Å². The maximum atomic E-state index is 12.6. The molecule has 0 aliphatic rings. The molecule has 3 nitrogen and oxygen atoms in total. The summed E-state index contributed by atoms with van der Waals surface area (Å²) < 4.78 is 39.2. The summed E-state index contributed by atoms with van der Waals surface area (Å²) in [6.45, 7) is 0. The average Bonchev–Trinajstić information content (AvgIpc) is 2.76. The van der Waals surface area contributed by atoms with Crippen LogP contribution >= 0.6 is 23.2 Å². The van der Waals surface area contributed by atoms with Crippen molar-refractivity contribution in [2.24, 2.45) is 0 Å². The van der Waals surface area contributed by atoms with Gasteiger partial charge in [0.05, 0.1) is 22.2 Å². The zero-order chi connectivity index (χ0) is 13.3. The zero-order valence-corrected chi connectivity index (χ0v) is 10.3. The molecular weight excluding hydrogens is 290 g/mol. The van der Waals surface area contributed by atoms with Crippen molar-refractivity contribution in [2.75, 3.05) is 0 Å². The third-order valence-electron chi connectivity index (χ3n) is 2.27. The molecule has 1 heterocycles. The molecule has 0 spiro atoms. The predicted molar refractivity (Wildman–Crippen MR) is 60.9 cm³/mol. The summed E-state index contributed by atoms with van der Waals surface area (Å²) in [4.78, 5) is 0. The van der Waals surface area contributed by atoms with Crippen LogP contribution in [0.25, 0.3) is 5.69 Å². The van der Waals surface area contributed by atoms with Crippen LogP contribution in [0.2, 0.25) is 5.02 Å². The third kappa shape index (κ3) is 2.44. The summed E-state index contributed by atoms with van der Waals surface area (Å²) in [5, 5.41) is 7.44. The summed E-state index contributed by atoms with van der Waals surface area (Å²) in [6.07, 6.45) is -3.17. The van der Waals surface area contributed by atoms with E-state index in [1.54, 1.807) is 0 Å². The first-order valence-corrected chi connectivity index (χ1v) is 5.66. The molecule has 1 aromatic carbocycles. The van der Waals surface area contributed by atoms with Gasteiger partial charge in [-0.1, -0.05) is 11.6 Å². The smallest absolute Gasteiger partial charge is 0.283 e. The van der Waals surface area contributed by atoms with Gasteiger partial charge in [0.25, 0.3) is 0 Å². The fraction of sp³-hybridized carbons (Fsp3) is 0.200. The number of aromatic nitrogens is 3. The summed E-state index contributed by atoms with van der Waals surface area (Å²) in [5.74, 6) is 0.338. The lowest BCUT2D eigenvalue weighted by Gasteiger charge is -2.11. The molecular formula is C10H6Cl2F3N3. The van der Waals surface area contributed by atoms with E-state index in [1.807, 2.05) is 0 Å². The minimum Gasteiger partial charge on any atom is -0.283 e. The highest BCUT2D eigenvalue weighted by molar-refractivity contribution is 6.32. The Morgan fingerprint density at radius 3 is 2.61 bits per heavy atom. The highest BCUT2D eigenvalue weighted by Crippen LogP contribution is 2.33. The summed E-state index contributed by atoms with van der Waals surface area (Å²) in [6, 6.07) is 3.02. The molecule has 0 radical (unpaired) electrons. The van der Waals surface area contributed by atoms with Gasteiger partial charge in [-0.3, -0.25) is 4.57 Å². The first-order valence-electron chi connectivity index (χ1n) is 4.75. The van der Waals surface area contributed by atoms with Gasteiger partial charge in [0.1, 0.15) is 6.33 Å². The summed E-state index contributed by atoms with van der Waals surface area (Å²) in [5.41, 5.74) is -0.650. The molecule has 0 aliphatic heterocycles. The summed E-state index contributed by atoms with van der Waals surface area (Å²) >= 11 is 11.5. The molecule has 0 fully saturated rings. The van der Waals surface area contributed by atoms with Gasteiger partial charge in [-0.25, -0.2) is 0 Å². The Balaban J connectivity index is 2.57. The molecule has 0 saturated heterocycles. The number of nitrogens with zero attached hydrogens (tertiary/aromatic N) is 3. The monoisotopic (exact) mass is 295 g/mol. The molecule has 18 heavy (non-hydrogen) atoms. The van der Waals surface area contributed by atoms with Crippen molar-refractivity contribution in [3.63, 3.8) is 0 Å². The lowest BCUT2D eigenvalue weighted by atomic mass is 10.2. The predicted octanol–water partition coefficient (Wildman–Crippen LogP) is 3.68. The zero-order valence-electron chi connectivity index (χ0n) is 8.75. The fourth-order valence-electron chi connectivity index (χ4n) is 1.42. The van der Waals surface area contributed by atoms with Gasteiger partial charge in [0.2, 0.25) is 0 Å². The van der Waals surface area contributed by atoms with E-state index in [0.717, 1.165) is 12.1 Å². The molecule has 0 bridgehead atoms. The van der Waals surface area contributed by atoms with Crippen LogP contribution in [0.5, 0.6) is 0 Å². The van der Waals surface area contributed by atoms with Crippen LogP contribution in [0, 0.1) is 0 Å². The normalized spacial score (nSPS) is 11.8. The molecule has 2 rings (SSSR count). The van der Waals surface area contributed by atoms with Crippen LogP contribution in [-0.4, -0.2) is 14.8 Å². The molecule has 0 unspecified atom stereocenters. The third-order valence-corrected chi connectivity index (χ3v) is 2.83.